The molecular formula is C21H29N3O3. The van der Waals surface area contributed by atoms with E-state index in [2.05, 4.69) is 0 Å². The summed E-state index contributed by atoms with van der Waals surface area (Å²) >= 11 is 0. The monoisotopic (exact) mass is 371 g/mol. The van der Waals surface area contributed by atoms with Gasteiger partial charge in [0.05, 0.1) is 23.6 Å². The number of benzene rings is 1. The molecule has 146 valence electrons. The molecule has 1 aromatic carbocycles. The number of carbonyl (C=O) groups excluding carboxylic acids is 1. The third-order valence-electron chi connectivity index (χ3n) is 5.60. The predicted octanol–water partition coefficient (Wildman–Crippen LogP) is 3.05. The van der Waals surface area contributed by atoms with Crippen LogP contribution in [0.1, 0.15) is 50.9 Å². The summed E-state index contributed by atoms with van der Waals surface area (Å²) in [6.45, 7) is 3.01. The average molecular weight is 371 g/mol. The van der Waals surface area contributed by atoms with E-state index in [-0.39, 0.29) is 23.4 Å². The van der Waals surface area contributed by atoms with E-state index in [4.69, 9.17) is 9.72 Å². The molecule has 0 N–H and O–H groups in total. The summed E-state index contributed by atoms with van der Waals surface area (Å²) in [7, 11) is 3.39. The normalized spacial score (nSPS) is 16.0. The minimum atomic E-state index is -0.240. The van der Waals surface area contributed by atoms with Crippen LogP contribution in [-0.2, 0) is 16.6 Å². The van der Waals surface area contributed by atoms with Gasteiger partial charge in [0.15, 0.2) is 0 Å². The van der Waals surface area contributed by atoms with Crippen molar-refractivity contribution in [1.29, 1.82) is 0 Å². The molecule has 1 aliphatic carbocycles. The number of carbonyl (C=O) groups is 1. The number of nitrogens with zero attached hydrogens (tertiary/aromatic N) is 3. The maximum Gasteiger partial charge on any atom is 0.261 e. The molecule has 0 saturated heterocycles. The molecule has 1 atom stereocenters. The average Bonchev–Trinajstić information content (AvgIpc) is 3.23. The van der Waals surface area contributed by atoms with E-state index in [0.29, 0.717) is 36.3 Å². The topological polar surface area (TPSA) is 64.4 Å². The summed E-state index contributed by atoms with van der Waals surface area (Å²) in [5.41, 5.74) is 0.600. The van der Waals surface area contributed by atoms with Crippen molar-refractivity contribution in [3.8, 4) is 0 Å². The number of methoxy groups -OCH3 is 1. The van der Waals surface area contributed by atoms with Crippen LogP contribution < -0.4 is 5.56 Å². The summed E-state index contributed by atoms with van der Waals surface area (Å²) in [6.07, 6.45) is 4.81. The molecule has 1 heterocycles. The van der Waals surface area contributed by atoms with Crippen LogP contribution in [0, 0.1) is 5.92 Å². The van der Waals surface area contributed by atoms with Gasteiger partial charge in [0.25, 0.3) is 5.56 Å². The van der Waals surface area contributed by atoms with E-state index in [0.717, 1.165) is 25.7 Å². The lowest BCUT2D eigenvalue weighted by Gasteiger charge is -2.33. The highest BCUT2D eigenvalue weighted by atomic mass is 16.5. The van der Waals surface area contributed by atoms with Gasteiger partial charge < -0.3 is 9.64 Å². The molecule has 1 unspecified atom stereocenters. The summed E-state index contributed by atoms with van der Waals surface area (Å²) in [5, 5.41) is 0.601. The van der Waals surface area contributed by atoms with Crippen molar-refractivity contribution in [2.75, 3.05) is 20.3 Å². The Hall–Kier alpha value is -2.21. The molecule has 2 aromatic rings. The molecule has 27 heavy (non-hydrogen) atoms. The first kappa shape index (κ1) is 19.5. The van der Waals surface area contributed by atoms with Gasteiger partial charge in [-0.15, -0.1) is 0 Å². The zero-order valence-corrected chi connectivity index (χ0v) is 16.5. The molecule has 0 bridgehead atoms. The fourth-order valence-electron chi connectivity index (χ4n) is 4.09. The van der Waals surface area contributed by atoms with Crippen LogP contribution in [0.4, 0.5) is 0 Å². The molecule has 6 nitrogen and oxygen atoms in total. The Balaban J connectivity index is 2.04. The van der Waals surface area contributed by atoms with Gasteiger partial charge in [0.2, 0.25) is 5.91 Å². The number of para-hydroxylation sites is 1. The fraction of sp³-hybridized carbons (Fsp3) is 0.571. The van der Waals surface area contributed by atoms with Gasteiger partial charge in [-0.05, 0) is 31.4 Å². The number of hydrogen-bond donors (Lipinski definition) is 0. The second kappa shape index (κ2) is 8.65. The number of rotatable bonds is 7. The van der Waals surface area contributed by atoms with Crippen LogP contribution >= 0.6 is 0 Å². The lowest BCUT2D eigenvalue weighted by atomic mass is 10.0. The Morgan fingerprint density at radius 3 is 2.70 bits per heavy atom. The van der Waals surface area contributed by atoms with E-state index < -0.39 is 0 Å². The Kier molecular flexibility index (Phi) is 6.26. The minimum absolute atomic E-state index is 0.0749. The maximum atomic E-state index is 13.2. The largest absolute Gasteiger partial charge is 0.383 e. The highest BCUT2D eigenvalue weighted by Gasteiger charge is 2.33. The van der Waals surface area contributed by atoms with Crippen molar-refractivity contribution >= 4 is 16.8 Å². The number of amides is 1. The van der Waals surface area contributed by atoms with Gasteiger partial charge in [0.1, 0.15) is 5.82 Å². The molecular weight excluding hydrogens is 342 g/mol. The van der Waals surface area contributed by atoms with Crippen molar-refractivity contribution in [1.82, 2.24) is 14.5 Å². The number of ether oxygens (including phenoxy) is 1. The second-order valence-electron chi connectivity index (χ2n) is 7.28. The first-order valence-corrected chi connectivity index (χ1v) is 9.83. The Morgan fingerprint density at radius 2 is 2.04 bits per heavy atom. The third-order valence-corrected chi connectivity index (χ3v) is 5.60. The SMILES string of the molecule is CCC(c1nc2ccccc2c(=O)n1C)N(CCOC)C(=O)C1CCCC1. The zero-order chi connectivity index (χ0) is 19.4. The molecule has 0 spiro atoms. The number of aromatic nitrogens is 2. The van der Waals surface area contributed by atoms with Crippen LogP contribution in [-0.4, -0.2) is 40.6 Å². The molecule has 0 radical (unpaired) electrons. The van der Waals surface area contributed by atoms with Crippen molar-refractivity contribution < 1.29 is 9.53 Å². The van der Waals surface area contributed by atoms with Crippen LogP contribution in [0.25, 0.3) is 10.9 Å². The molecule has 1 saturated carbocycles. The van der Waals surface area contributed by atoms with E-state index in [1.165, 1.54) is 0 Å². The summed E-state index contributed by atoms with van der Waals surface area (Å²) in [5.74, 6) is 0.885. The first-order chi connectivity index (χ1) is 13.1. The van der Waals surface area contributed by atoms with Gasteiger partial charge in [-0.1, -0.05) is 31.9 Å². The summed E-state index contributed by atoms with van der Waals surface area (Å²) < 4.78 is 6.85. The molecule has 1 amide bonds. The Morgan fingerprint density at radius 1 is 1.33 bits per heavy atom. The fourth-order valence-corrected chi connectivity index (χ4v) is 4.09. The third kappa shape index (κ3) is 3.90. The Bertz CT molecular complexity index is 855. The van der Waals surface area contributed by atoms with Crippen LogP contribution in [0.3, 0.4) is 0 Å². The lowest BCUT2D eigenvalue weighted by Crippen LogP contribution is -2.42. The smallest absolute Gasteiger partial charge is 0.261 e. The number of hydrogen-bond acceptors (Lipinski definition) is 4. The lowest BCUT2D eigenvalue weighted by molar-refractivity contribution is -0.139. The van der Waals surface area contributed by atoms with Gasteiger partial charge in [-0.2, -0.15) is 0 Å². The second-order valence-corrected chi connectivity index (χ2v) is 7.28. The first-order valence-electron chi connectivity index (χ1n) is 9.83. The van der Waals surface area contributed by atoms with E-state index in [1.54, 1.807) is 24.8 Å². The highest BCUT2D eigenvalue weighted by molar-refractivity contribution is 5.80. The van der Waals surface area contributed by atoms with Gasteiger partial charge in [-0.25, -0.2) is 4.98 Å². The molecule has 3 rings (SSSR count). The maximum absolute atomic E-state index is 13.2. The van der Waals surface area contributed by atoms with Crippen LogP contribution in [0.2, 0.25) is 0 Å². The molecule has 6 heteroatoms. The summed E-state index contributed by atoms with van der Waals surface area (Å²) in [4.78, 5) is 32.7. The minimum Gasteiger partial charge on any atom is -0.383 e. The summed E-state index contributed by atoms with van der Waals surface area (Å²) in [6, 6.07) is 7.13. The number of fused-ring (bicyclic) bond motifs is 1. The van der Waals surface area contributed by atoms with E-state index in [1.807, 2.05) is 30.0 Å². The van der Waals surface area contributed by atoms with Gasteiger partial charge in [-0.3, -0.25) is 14.2 Å². The molecule has 1 fully saturated rings. The van der Waals surface area contributed by atoms with Crippen LogP contribution in [0.15, 0.2) is 29.1 Å². The van der Waals surface area contributed by atoms with Crippen molar-refractivity contribution in [3.05, 3.63) is 40.4 Å². The van der Waals surface area contributed by atoms with Crippen molar-refractivity contribution in [2.24, 2.45) is 13.0 Å². The zero-order valence-electron chi connectivity index (χ0n) is 16.5. The standard InChI is InChI=1S/C21H29N3O3/c1-4-18(24(13-14-27-3)20(25)15-9-5-6-10-15)19-22-17-12-8-7-11-16(17)21(26)23(19)2/h7-8,11-12,15,18H,4-6,9-10,13-14H2,1-3H3. The van der Waals surface area contributed by atoms with Gasteiger partial charge >= 0.3 is 0 Å². The predicted molar refractivity (Wildman–Crippen MR) is 106 cm³/mol. The molecule has 1 aliphatic rings. The Labute approximate surface area is 160 Å². The van der Waals surface area contributed by atoms with Gasteiger partial charge in [0, 0.05) is 26.6 Å². The van der Waals surface area contributed by atoms with E-state index in [9.17, 15) is 9.59 Å². The van der Waals surface area contributed by atoms with Crippen LogP contribution in [0.5, 0.6) is 0 Å². The molecule has 1 aromatic heterocycles. The quantitative estimate of drug-likeness (QED) is 0.750. The van der Waals surface area contributed by atoms with Crippen molar-refractivity contribution in [3.63, 3.8) is 0 Å². The van der Waals surface area contributed by atoms with Crippen molar-refractivity contribution in [2.45, 2.75) is 45.1 Å². The van der Waals surface area contributed by atoms with E-state index >= 15 is 0 Å². The highest BCUT2D eigenvalue weighted by Crippen LogP contribution is 2.31. The molecule has 0 aliphatic heterocycles.